The van der Waals surface area contributed by atoms with Crippen molar-refractivity contribution in [2.75, 3.05) is 29.5 Å². The van der Waals surface area contributed by atoms with E-state index in [-0.39, 0.29) is 46.9 Å². The van der Waals surface area contributed by atoms with E-state index in [0.29, 0.717) is 19.4 Å². The molecule has 2 aromatic rings. The van der Waals surface area contributed by atoms with E-state index in [9.17, 15) is 14.7 Å². The van der Waals surface area contributed by atoms with Crippen LogP contribution in [-0.4, -0.2) is 74.3 Å². The van der Waals surface area contributed by atoms with Gasteiger partial charge in [-0.3, -0.25) is 14.4 Å². The summed E-state index contributed by atoms with van der Waals surface area (Å²) >= 11 is 5.51. The highest BCUT2D eigenvalue weighted by Crippen LogP contribution is 2.68. The maximum absolute atomic E-state index is 15.1. The highest BCUT2D eigenvalue weighted by molar-refractivity contribution is 9.09. The molecular formula is C36H44BrN3O4S. The van der Waals surface area contributed by atoms with E-state index in [2.05, 4.69) is 29.1 Å². The van der Waals surface area contributed by atoms with Gasteiger partial charge in [0.1, 0.15) is 6.04 Å². The average Bonchev–Trinajstić information content (AvgIpc) is 3.61. The summed E-state index contributed by atoms with van der Waals surface area (Å²) in [6.45, 7) is 16.2. The third-order valence-corrected chi connectivity index (χ3v) is 12.7. The summed E-state index contributed by atoms with van der Waals surface area (Å²) in [6, 6.07) is 14.1. The van der Waals surface area contributed by atoms with Crippen LogP contribution in [0, 0.1) is 31.6 Å². The maximum atomic E-state index is 15.1. The molecular weight excluding hydrogens is 650 g/mol. The third kappa shape index (κ3) is 5.80. The van der Waals surface area contributed by atoms with Crippen LogP contribution in [-0.2, 0) is 14.4 Å². The number of aliphatic hydroxyl groups excluding tert-OH is 1. The molecule has 2 aromatic carbocycles. The Balaban J connectivity index is 1.65. The molecule has 3 heterocycles. The number of benzene rings is 2. The smallest absolute Gasteiger partial charge is 0.251 e. The number of nitrogens with zero attached hydrogens (tertiary/aromatic N) is 3. The van der Waals surface area contributed by atoms with Gasteiger partial charge in [-0.15, -0.1) is 24.9 Å². The summed E-state index contributed by atoms with van der Waals surface area (Å²) in [5.41, 5.74) is 3.48. The van der Waals surface area contributed by atoms with E-state index in [1.54, 1.807) is 38.6 Å². The molecule has 3 saturated heterocycles. The molecule has 5 rings (SSSR count). The Kier molecular flexibility index (Phi) is 10.0. The van der Waals surface area contributed by atoms with Gasteiger partial charge < -0.3 is 19.8 Å². The summed E-state index contributed by atoms with van der Waals surface area (Å²) in [5.74, 6) is -1.73. The van der Waals surface area contributed by atoms with Crippen molar-refractivity contribution in [3.63, 3.8) is 0 Å². The van der Waals surface area contributed by atoms with Gasteiger partial charge in [-0.25, -0.2) is 0 Å². The fourth-order valence-electron chi connectivity index (χ4n) is 7.68. The Morgan fingerprint density at radius 3 is 2.38 bits per heavy atom. The number of carbonyl (C=O) groups is 3. The second kappa shape index (κ2) is 13.5. The molecule has 9 heteroatoms. The van der Waals surface area contributed by atoms with Gasteiger partial charge in [0.15, 0.2) is 0 Å². The number of alkyl halides is 1. The zero-order valence-corrected chi connectivity index (χ0v) is 29.0. The van der Waals surface area contributed by atoms with E-state index in [0.717, 1.165) is 22.5 Å². The van der Waals surface area contributed by atoms with Gasteiger partial charge in [-0.1, -0.05) is 72.3 Å². The number of hydrogen-bond donors (Lipinski definition) is 1. The number of hydrogen-bond acceptors (Lipinski definition) is 5. The van der Waals surface area contributed by atoms with Gasteiger partial charge in [0.25, 0.3) is 5.91 Å². The number of aryl methyl sites for hydroxylation is 2. The van der Waals surface area contributed by atoms with Crippen molar-refractivity contribution < 1.29 is 19.5 Å². The van der Waals surface area contributed by atoms with E-state index in [1.165, 1.54) is 0 Å². The van der Waals surface area contributed by atoms with E-state index < -0.39 is 28.7 Å². The molecule has 2 bridgehead atoms. The van der Waals surface area contributed by atoms with E-state index >= 15 is 4.79 Å². The quantitative estimate of drug-likeness (QED) is 0.221. The summed E-state index contributed by atoms with van der Waals surface area (Å²) in [4.78, 5) is 49.6. The number of para-hydroxylation sites is 1. The molecule has 0 aliphatic carbocycles. The summed E-state index contributed by atoms with van der Waals surface area (Å²) in [7, 11) is 0. The number of aliphatic hydroxyl groups is 1. The molecule has 1 N–H and O–H groups in total. The van der Waals surface area contributed by atoms with Crippen molar-refractivity contribution in [1.82, 2.24) is 4.90 Å². The minimum Gasteiger partial charge on any atom is -0.394 e. The SMILES string of the molecule is C=CCN(C(=O)[C@H]1[C@H]2C(=O)N([C@@H](CO)CC(C)C)C(C(=O)N(CC=C)c3cc(C)ccc3C)C23CC(Br)[C@@H]1S3)c1ccccc1. The van der Waals surface area contributed by atoms with Crippen LogP contribution < -0.4 is 9.80 Å². The van der Waals surface area contributed by atoms with Gasteiger partial charge in [-0.05, 0) is 61.9 Å². The zero-order chi connectivity index (χ0) is 32.6. The summed E-state index contributed by atoms with van der Waals surface area (Å²) in [6.07, 6.45) is 4.51. The van der Waals surface area contributed by atoms with Crippen LogP contribution in [0.2, 0.25) is 0 Å². The van der Waals surface area contributed by atoms with Crippen molar-refractivity contribution in [2.24, 2.45) is 17.8 Å². The Hall–Kier alpha value is -2.88. The minimum atomic E-state index is -0.858. The molecule has 7 atom stereocenters. The number of thioether (sulfide) groups is 1. The fraction of sp³-hybridized carbons (Fsp3) is 0.472. The Morgan fingerprint density at radius 2 is 1.76 bits per heavy atom. The Bertz CT molecular complexity index is 1470. The zero-order valence-electron chi connectivity index (χ0n) is 26.6. The van der Waals surface area contributed by atoms with Crippen LogP contribution in [0.3, 0.4) is 0 Å². The van der Waals surface area contributed by atoms with Crippen LogP contribution in [0.5, 0.6) is 0 Å². The molecule has 0 aromatic heterocycles. The monoisotopic (exact) mass is 693 g/mol. The lowest BCUT2D eigenvalue weighted by molar-refractivity contribution is -0.142. The lowest BCUT2D eigenvalue weighted by Gasteiger charge is -2.40. The maximum Gasteiger partial charge on any atom is 0.251 e. The van der Waals surface area contributed by atoms with Crippen LogP contribution in [0.4, 0.5) is 11.4 Å². The number of likely N-dealkylation sites (tertiary alicyclic amines) is 1. The van der Waals surface area contributed by atoms with Crippen molar-refractivity contribution in [2.45, 2.75) is 67.4 Å². The largest absolute Gasteiger partial charge is 0.394 e. The Labute approximate surface area is 279 Å². The predicted molar refractivity (Wildman–Crippen MR) is 187 cm³/mol. The molecule has 240 valence electrons. The Morgan fingerprint density at radius 1 is 1.09 bits per heavy atom. The highest BCUT2D eigenvalue weighted by Gasteiger charge is 2.76. The second-order valence-corrected chi connectivity index (χ2v) is 15.7. The molecule has 45 heavy (non-hydrogen) atoms. The molecule has 3 fully saturated rings. The molecule has 0 saturated carbocycles. The van der Waals surface area contributed by atoms with Crippen LogP contribution >= 0.6 is 27.7 Å². The number of amides is 3. The van der Waals surface area contributed by atoms with Gasteiger partial charge in [0, 0.05) is 34.5 Å². The first kappa shape index (κ1) is 33.5. The van der Waals surface area contributed by atoms with Gasteiger partial charge in [0.05, 0.1) is 29.2 Å². The van der Waals surface area contributed by atoms with Crippen molar-refractivity contribution in [3.8, 4) is 0 Å². The molecule has 0 radical (unpaired) electrons. The molecule has 3 unspecified atom stereocenters. The number of fused-ring (bicyclic) bond motifs is 1. The molecule has 3 amide bonds. The first-order valence-electron chi connectivity index (χ1n) is 15.7. The predicted octanol–water partition coefficient (Wildman–Crippen LogP) is 5.91. The first-order chi connectivity index (χ1) is 21.5. The van der Waals surface area contributed by atoms with Crippen LogP contribution in [0.15, 0.2) is 73.8 Å². The average molecular weight is 695 g/mol. The number of carbonyl (C=O) groups excluding carboxylic acids is 3. The lowest BCUT2D eigenvalue weighted by Crippen LogP contribution is -2.58. The van der Waals surface area contributed by atoms with Crippen molar-refractivity contribution in [3.05, 3.63) is 85.0 Å². The fourth-order valence-corrected chi connectivity index (χ4v) is 11.3. The third-order valence-electron chi connectivity index (χ3n) is 9.47. The van der Waals surface area contributed by atoms with Gasteiger partial charge in [-0.2, -0.15) is 0 Å². The van der Waals surface area contributed by atoms with E-state index in [4.69, 9.17) is 0 Å². The molecule has 7 nitrogen and oxygen atoms in total. The second-order valence-electron chi connectivity index (χ2n) is 13.0. The normalized spacial score (nSPS) is 27.4. The summed E-state index contributed by atoms with van der Waals surface area (Å²) in [5, 5.41) is 10.5. The number of anilines is 2. The van der Waals surface area contributed by atoms with Gasteiger partial charge >= 0.3 is 0 Å². The van der Waals surface area contributed by atoms with Crippen molar-refractivity contribution >= 4 is 56.8 Å². The topological polar surface area (TPSA) is 81.2 Å². The van der Waals surface area contributed by atoms with Crippen LogP contribution in [0.1, 0.15) is 37.8 Å². The highest BCUT2D eigenvalue weighted by atomic mass is 79.9. The van der Waals surface area contributed by atoms with E-state index in [1.807, 2.05) is 76.2 Å². The number of halogens is 1. The van der Waals surface area contributed by atoms with Gasteiger partial charge in [0.2, 0.25) is 11.8 Å². The summed E-state index contributed by atoms with van der Waals surface area (Å²) < 4.78 is -0.842. The first-order valence-corrected chi connectivity index (χ1v) is 17.5. The number of rotatable bonds is 12. The lowest BCUT2D eigenvalue weighted by atomic mass is 9.70. The standard InChI is InChI=1S/C36H44BrN3O4S/c1-7-16-38(25-12-10-9-11-13-25)33(42)29-30-34(43)40(26(21-41)18-22(3)4)32(36(30)20-27(37)31(29)45-36)35(44)39(17-8-2)28-19-23(5)14-15-24(28)6/h7-15,19,22,26-27,29-32,41H,1-2,16-18,20-21H2,3-6H3/t26-,27?,29+,30+,31+,32?,36?/m1/s1. The molecule has 1 spiro atoms. The molecule has 3 aliphatic heterocycles. The minimum absolute atomic E-state index is 0.0664. The van der Waals surface area contributed by atoms with Crippen LogP contribution in [0.25, 0.3) is 0 Å². The van der Waals surface area contributed by atoms with Crippen molar-refractivity contribution in [1.29, 1.82) is 0 Å². The molecule has 3 aliphatic rings.